The highest BCUT2D eigenvalue weighted by molar-refractivity contribution is 5.80. The van der Waals surface area contributed by atoms with E-state index in [1.54, 1.807) is 15.8 Å². The van der Waals surface area contributed by atoms with Gasteiger partial charge in [-0.25, -0.2) is 0 Å². The van der Waals surface area contributed by atoms with Gasteiger partial charge in [-0.15, -0.1) is 0 Å². The Kier molecular flexibility index (Phi) is 5.90. The molecular formula is C18H25N5O4. The van der Waals surface area contributed by atoms with E-state index in [4.69, 9.17) is 9.26 Å². The van der Waals surface area contributed by atoms with Crippen LogP contribution in [0.15, 0.2) is 16.8 Å². The Hall–Kier alpha value is -2.68. The largest absolute Gasteiger partial charge is 0.377 e. The first-order chi connectivity index (χ1) is 13.0. The fourth-order valence-corrected chi connectivity index (χ4v) is 3.16. The molecule has 0 aromatic carbocycles. The molecular weight excluding hydrogens is 350 g/mol. The summed E-state index contributed by atoms with van der Waals surface area (Å²) in [5.41, 5.74) is 2.57. The Morgan fingerprint density at radius 2 is 2.15 bits per heavy atom. The van der Waals surface area contributed by atoms with Crippen molar-refractivity contribution in [2.24, 2.45) is 0 Å². The van der Waals surface area contributed by atoms with E-state index in [9.17, 15) is 9.59 Å². The topological polar surface area (TPSA) is 102 Å². The summed E-state index contributed by atoms with van der Waals surface area (Å²) in [5.74, 6) is 0.493. The summed E-state index contributed by atoms with van der Waals surface area (Å²) in [6.07, 6.45) is 1.86. The summed E-state index contributed by atoms with van der Waals surface area (Å²) in [7, 11) is 0. The van der Waals surface area contributed by atoms with Gasteiger partial charge in [0.05, 0.1) is 24.9 Å². The van der Waals surface area contributed by atoms with Crippen molar-refractivity contribution < 1.29 is 18.8 Å². The van der Waals surface area contributed by atoms with Gasteiger partial charge in [-0.05, 0) is 26.8 Å². The van der Waals surface area contributed by atoms with Crippen LogP contribution in [0.25, 0.3) is 0 Å². The number of nitrogens with one attached hydrogen (secondary N) is 1. The van der Waals surface area contributed by atoms with Gasteiger partial charge in [0.25, 0.3) is 0 Å². The number of hydrogen-bond donors (Lipinski definition) is 1. The number of rotatable bonds is 6. The molecule has 0 spiro atoms. The zero-order valence-corrected chi connectivity index (χ0v) is 15.9. The minimum Gasteiger partial charge on any atom is -0.377 e. The molecule has 1 fully saturated rings. The third-order valence-corrected chi connectivity index (χ3v) is 4.83. The lowest BCUT2D eigenvalue weighted by atomic mass is 10.1. The molecule has 3 rings (SSSR count). The van der Waals surface area contributed by atoms with E-state index in [1.165, 1.54) is 0 Å². The molecule has 0 radical (unpaired) electrons. The highest BCUT2D eigenvalue weighted by Gasteiger charge is 2.29. The molecule has 1 saturated heterocycles. The number of morpholine rings is 1. The molecule has 2 aromatic rings. The molecule has 2 aromatic heterocycles. The molecule has 1 unspecified atom stereocenters. The Balaban J connectivity index is 1.57. The smallest absolute Gasteiger partial charge is 0.244 e. The minimum absolute atomic E-state index is 0.0615. The van der Waals surface area contributed by atoms with Gasteiger partial charge >= 0.3 is 0 Å². The SMILES string of the molecule is Cc1noc(C)c1CNC(=O)CC1COCCN1C(=O)Cn1nccc1C. The van der Waals surface area contributed by atoms with Crippen LogP contribution in [0.2, 0.25) is 0 Å². The standard InChI is InChI=1S/C18H25N5O4/c1-12-4-5-20-23(12)10-18(25)22-6-7-26-11-15(22)8-17(24)19-9-16-13(2)21-27-14(16)3/h4-5,15H,6-11H2,1-3H3,(H,19,24). The summed E-state index contributed by atoms with van der Waals surface area (Å²) >= 11 is 0. The molecule has 2 amide bonds. The quantitative estimate of drug-likeness (QED) is 0.799. The average molecular weight is 375 g/mol. The first-order valence-electron chi connectivity index (χ1n) is 8.99. The molecule has 0 aliphatic carbocycles. The second kappa shape index (κ2) is 8.34. The van der Waals surface area contributed by atoms with Crippen molar-refractivity contribution in [2.75, 3.05) is 19.8 Å². The van der Waals surface area contributed by atoms with Gasteiger partial charge in [-0.1, -0.05) is 5.16 Å². The van der Waals surface area contributed by atoms with Crippen LogP contribution in [0.1, 0.15) is 29.1 Å². The molecule has 0 bridgehead atoms. The average Bonchev–Trinajstić information content (AvgIpc) is 3.19. The zero-order valence-electron chi connectivity index (χ0n) is 15.9. The van der Waals surface area contributed by atoms with Crippen LogP contribution >= 0.6 is 0 Å². The molecule has 0 saturated carbocycles. The van der Waals surface area contributed by atoms with Crippen molar-refractivity contribution in [3.05, 3.63) is 35.0 Å². The number of carbonyl (C=O) groups is 2. The summed E-state index contributed by atoms with van der Waals surface area (Å²) < 4.78 is 12.3. The van der Waals surface area contributed by atoms with Gasteiger partial charge in [0.1, 0.15) is 12.3 Å². The Labute approximate surface area is 157 Å². The van der Waals surface area contributed by atoms with Crippen molar-refractivity contribution in [2.45, 2.75) is 46.3 Å². The van der Waals surface area contributed by atoms with E-state index in [1.807, 2.05) is 26.8 Å². The van der Waals surface area contributed by atoms with Gasteiger partial charge in [-0.2, -0.15) is 5.10 Å². The normalized spacial score (nSPS) is 17.1. The van der Waals surface area contributed by atoms with Gasteiger partial charge in [0.15, 0.2) is 0 Å². The molecule has 3 heterocycles. The predicted molar refractivity (Wildman–Crippen MR) is 95.7 cm³/mol. The summed E-state index contributed by atoms with van der Waals surface area (Å²) in [4.78, 5) is 26.8. The molecule has 146 valence electrons. The van der Waals surface area contributed by atoms with Crippen LogP contribution in [0, 0.1) is 20.8 Å². The lowest BCUT2D eigenvalue weighted by molar-refractivity contribution is -0.142. The van der Waals surface area contributed by atoms with Crippen LogP contribution in [0.3, 0.4) is 0 Å². The molecule has 9 heteroatoms. The van der Waals surface area contributed by atoms with Crippen LogP contribution in [0.4, 0.5) is 0 Å². The lowest BCUT2D eigenvalue weighted by Gasteiger charge is -2.35. The third-order valence-electron chi connectivity index (χ3n) is 4.83. The fourth-order valence-electron chi connectivity index (χ4n) is 3.16. The number of amides is 2. The maximum Gasteiger partial charge on any atom is 0.244 e. The van der Waals surface area contributed by atoms with Crippen LogP contribution < -0.4 is 5.32 Å². The maximum atomic E-state index is 12.7. The Morgan fingerprint density at radius 1 is 1.33 bits per heavy atom. The Bertz CT molecular complexity index is 793. The number of aryl methyl sites for hydroxylation is 3. The van der Waals surface area contributed by atoms with E-state index < -0.39 is 0 Å². The highest BCUT2D eigenvalue weighted by Crippen LogP contribution is 2.14. The molecule has 1 N–H and O–H groups in total. The van der Waals surface area contributed by atoms with Crippen molar-refractivity contribution in [3.63, 3.8) is 0 Å². The first-order valence-corrected chi connectivity index (χ1v) is 8.99. The van der Waals surface area contributed by atoms with Crippen LogP contribution in [-0.2, 0) is 27.4 Å². The van der Waals surface area contributed by atoms with E-state index in [2.05, 4.69) is 15.6 Å². The summed E-state index contributed by atoms with van der Waals surface area (Å²) in [5, 5.41) is 10.9. The predicted octanol–water partition coefficient (Wildman–Crippen LogP) is 0.730. The van der Waals surface area contributed by atoms with E-state index in [0.29, 0.717) is 32.1 Å². The highest BCUT2D eigenvalue weighted by atomic mass is 16.5. The number of hydrogen-bond acceptors (Lipinski definition) is 6. The summed E-state index contributed by atoms with van der Waals surface area (Å²) in [6.45, 7) is 7.37. The number of carbonyl (C=O) groups excluding carboxylic acids is 2. The fraction of sp³-hybridized carbons (Fsp3) is 0.556. The molecule has 9 nitrogen and oxygen atoms in total. The number of nitrogens with zero attached hydrogens (tertiary/aromatic N) is 4. The van der Waals surface area contributed by atoms with Crippen molar-refractivity contribution >= 4 is 11.8 Å². The zero-order chi connectivity index (χ0) is 19.4. The first kappa shape index (κ1) is 19.1. The van der Waals surface area contributed by atoms with E-state index in [0.717, 1.165) is 17.0 Å². The summed E-state index contributed by atoms with van der Waals surface area (Å²) in [6, 6.07) is 1.57. The second-order valence-electron chi connectivity index (χ2n) is 6.73. The second-order valence-corrected chi connectivity index (χ2v) is 6.73. The van der Waals surface area contributed by atoms with Gasteiger partial charge in [-0.3, -0.25) is 14.3 Å². The van der Waals surface area contributed by atoms with E-state index in [-0.39, 0.29) is 30.8 Å². The van der Waals surface area contributed by atoms with Gasteiger partial charge in [0.2, 0.25) is 11.8 Å². The maximum absolute atomic E-state index is 12.7. The van der Waals surface area contributed by atoms with Crippen LogP contribution in [0.5, 0.6) is 0 Å². The lowest BCUT2D eigenvalue weighted by Crippen LogP contribution is -2.51. The number of ether oxygens (including phenoxy) is 1. The van der Waals surface area contributed by atoms with E-state index >= 15 is 0 Å². The molecule has 27 heavy (non-hydrogen) atoms. The van der Waals surface area contributed by atoms with Gasteiger partial charge < -0.3 is 19.5 Å². The monoisotopic (exact) mass is 375 g/mol. The van der Waals surface area contributed by atoms with Crippen molar-refractivity contribution in [3.8, 4) is 0 Å². The Morgan fingerprint density at radius 3 is 2.81 bits per heavy atom. The minimum atomic E-state index is -0.285. The van der Waals surface area contributed by atoms with Crippen LogP contribution in [-0.4, -0.2) is 57.5 Å². The molecule has 1 atom stereocenters. The third kappa shape index (κ3) is 4.54. The van der Waals surface area contributed by atoms with Crippen molar-refractivity contribution in [1.29, 1.82) is 0 Å². The van der Waals surface area contributed by atoms with Gasteiger partial charge in [0, 0.05) is 37.0 Å². The van der Waals surface area contributed by atoms with Crippen molar-refractivity contribution in [1.82, 2.24) is 25.2 Å². The number of aromatic nitrogens is 3. The molecule has 1 aliphatic rings. The molecule has 1 aliphatic heterocycles.